The van der Waals surface area contributed by atoms with E-state index in [1.807, 2.05) is 0 Å². The monoisotopic (exact) mass is 274 g/mol. The van der Waals surface area contributed by atoms with E-state index < -0.39 is 11.8 Å². The van der Waals surface area contributed by atoms with Crippen LogP contribution in [0.3, 0.4) is 0 Å². The van der Waals surface area contributed by atoms with Crippen LogP contribution in [0, 0.1) is 0 Å². The lowest BCUT2D eigenvalue weighted by Gasteiger charge is -1.94. The van der Waals surface area contributed by atoms with Crippen LogP contribution >= 0.6 is 0 Å². The third-order valence-corrected chi connectivity index (χ3v) is 2.04. The summed E-state index contributed by atoms with van der Waals surface area (Å²) in [4.78, 5) is 22.7. The fourth-order valence-corrected chi connectivity index (χ4v) is 1.18. The number of rotatable bonds is 5. The van der Waals surface area contributed by atoms with Crippen molar-refractivity contribution in [3.63, 3.8) is 0 Å². The van der Waals surface area contributed by atoms with Gasteiger partial charge in [0, 0.05) is 0 Å². The first-order valence-corrected chi connectivity index (χ1v) is 5.50. The van der Waals surface area contributed by atoms with E-state index in [4.69, 9.17) is 8.83 Å². The molecule has 0 spiro atoms. The van der Waals surface area contributed by atoms with E-state index in [1.54, 1.807) is 12.1 Å². The maximum atomic E-state index is 11.4. The van der Waals surface area contributed by atoms with Gasteiger partial charge in [-0.25, -0.2) is 10.9 Å². The van der Waals surface area contributed by atoms with Crippen molar-refractivity contribution in [3.05, 3.63) is 48.3 Å². The third-order valence-electron chi connectivity index (χ3n) is 2.04. The van der Waals surface area contributed by atoms with Crippen molar-refractivity contribution in [1.29, 1.82) is 0 Å². The van der Waals surface area contributed by atoms with E-state index in [1.165, 1.54) is 37.1 Å². The summed E-state index contributed by atoms with van der Waals surface area (Å²) >= 11 is 0. The van der Waals surface area contributed by atoms with Crippen LogP contribution in [-0.2, 0) is 0 Å². The highest BCUT2D eigenvalue weighted by molar-refractivity contribution is 6.16. The molecule has 0 saturated carbocycles. The highest BCUT2D eigenvalue weighted by Crippen LogP contribution is 1.99. The molecule has 2 heterocycles. The fraction of sp³-hybridized carbons (Fsp3) is 0. The van der Waals surface area contributed by atoms with Gasteiger partial charge in [0.1, 0.15) is 0 Å². The number of nitrogens with one attached hydrogen (secondary N) is 2. The van der Waals surface area contributed by atoms with E-state index >= 15 is 0 Å². The summed E-state index contributed by atoms with van der Waals surface area (Å²) in [5, 5.41) is 7.16. The van der Waals surface area contributed by atoms with Crippen molar-refractivity contribution in [1.82, 2.24) is 10.9 Å². The van der Waals surface area contributed by atoms with Crippen LogP contribution in [0.1, 0.15) is 21.1 Å². The number of amides is 2. The summed E-state index contributed by atoms with van der Waals surface area (Å²) in [6.07, 6.45) is 5.15. The predicted octanol–water partition coefficient (Wildman–Crippen LogP) is 1.00. The Kier molecular flexibility index (Phi) is 4.44. The Bertz CT molecular complexity index is 558. The van der Waals surface area contributed by atoms with Gasteiger partial charge in [-0.1, -0.05) is 0 Å². The normalized spacial score (nSPS) is 11.0. The molecule has 102 valence electrons. The lowest BCUT2D eigenvalue weighted by molar-refractivity contribution is 0.0920. The molecule has 20 heavy (non-hydrogen) atoms. The number of hydrazone groups is 2. The molecule has 8 nitrogen and oxygen atoms in total. The summed E-state index contributed by atoms with van der Waals surface area (Å²) in [6.45, 7) is 0. The van der Waals surface area contributed by atoms with E-state index in [-0.39, 0.29) is 11.5 Å². The Morgan fingerprint density at radius 3 is 1.70 bits per heavy atom. The van der Waals surface area contributed by atoms with Gasteiger partial charge in [0.2, 0.25) is 0 Å². The maximum absolute atomic E-state index is 11.4. The molecule has 2 rings (SSSR count). The first-order valence-electron chi connectivity index (χ1n) is 5.50. The van der Waals surface area contributed by atoms with Crippen LogP contribution in [0.2, 0.25) is 0 Å². The summed E-state index contributed by atoms with van der Waals surface area (Å²) in [5.41, 5.74) is 4.43. The summed E-state index contributed by atoms with van der Waals surface area (Å²) in [5.74, 6) is -0.686. The average Bonchev–Trinajstić information content (AvgIpc) is 3.14. The SMILES string of the molecule is O=C(N/N=C\C=N/NC(=O)c1ccco1)c1ccco1. The molecule has 2 aromatic heterocycles. The zero-order chi connectivity index (χ0) is 14.2. The van der Waals surface area contributed by atoms with E-state index in [0.717, 1.165) is 0 Å². The minimum atomic E-state index is -0.487. The Morgan fingerprint density at radius 2 is 1.35 bits per heavy atom. The molecule has 0 aliphatic carbocycles. The van der Waals surface area contributed by atoms with Gasteiger partial charge in [-0.3, -0.25) is 9.59 Å². The van der Waals surface area contributed by atoms with Gasteiger partial charge in [0.15, 0.2) is 11.5 Å². The first-order chi connectivity index (χ1) is 9.77. The molecule has 0 aromatic carbocycles. The molecule has 2 N–H and O–H groups in total. The number of carbonyl (C=O) groups excluding carboxylic acids is 2. The number of carbonyl (C=O) groups is 2. The molecule has 0 unspecified atom stereocenters. The van der Waals surface area contributed by atoms with Crippen LogP contribution in [0.5, 0.6) is 0 Å². The van der Waals surface area contributed by atoms with Crippen LogP contribution < -0.4 is 10.9 Å². The molecule has 0 aliphatic heterocycles. The molecular weight excluding hydrogens is 264 g/mol. The second-order valence-corrected chi connectivity index (χ2v) is 3.39. The number of furan rings is 2. The minimum Gasteiger partial charge on any atom is -0.459 e. The van der Waals surface area contributed by atoms with Crippen molar-refractivity contribution >= 4 is 24.2 Å². The highest BCUT2D eigenvalue weighted by atomic mass is 16.3. The van der Waals surface area contributed by atoms with Gasteiger partial charge in [0.05, 0.1) is 25.0 Å². The Hall–Kier alpha value is -3.16. The van der Waals surface area contributed by atoms with E-state index in [0.29, 0.717) is 0 Å². The summed E-state index contributed by atoms with van der Waals surface area (Å²) < 4.78 is 9.72. The van der Waals surface area contributed by atoms with Crippen molar-refractivity contribution in [3.8, 4) is 0 Å². The van der Waals surface area contributed by atoms with E-state index in [2.05, 4.69) is 21.1 Å². The van der Waals surface area contributed by atoms with Crippen molar-refractivity contribution < 1.29 is 18.4 Å². The number of nitrogens with zero attached hydrogens (tertiary/aromatic N) is 2. The van der Waals surface area contributed by atoms with Crippen LogP contribution in [0.25, 0.3) is 0 Å². The topological polar surface area (TPSA) is 109 Å². The molecule has 0 bridgehead atoms. The van der Waals surface area contributed by atoms with Gasteiger partial charge in [-0.2, -0.15) is 10.2 Å². The molecular formula is C12H10N4O4. The summed E-state index contributed by atoms with van der Waals surface area (Å²) in [6, 6.07) is 6.18. The lowest BCUT2D eigenvalue weighted by atomic mass is 10.4. The standard InChI is InChI=1S/C12H10N4O4/c17-11(9-3-1-7-19-9)15-13-5-6-14-16-12(18)10-4-2-8-20-10/h1-8H,(H,15,17)(H,16,18)/b13-5-,14-6-. The molecule has 0 aliphatic rings. The largest absolute Gasteiger partial charge is 0.459 e. The first kappa shape index (κ1) is 13.3. The molecule has 8 heteroatoms. The zero-order valence-electron chi connectivity index (χ0n) is 10.1. The summed E-state index contributed by atoms with van der Waals surface area (Å²) in [7, 11) is 0. The molecule has 0 fully saturated rings. The van der Waals surface area contributed by atoms with Gasteiger partial charge >= 0.3 is 11.8 Å². The molecule has 0 radical (unpaired) electrons. The van der Waals surface area contributed by atoms with Crippen molar-refractivity contribution in [2.75, 3.05) is 0 Å². The third kappa shape index (κ3) is 3.67. The van der Waals surface area contributed by atoms with Crippen LogP contribution in [0.15, 0.2) is 55.8 Å². The maximum Gasteiger partial charge on any atom is 0.307 e. The Labute approximate surface area is 113 Å². The van der Waals surface area contributed by atoms with E-state index in [9.17, 15) is 9.59 Å². The smallest absolute Gasteiger partial charge is 0.307 e. The Balaban J connectivity index is 1.72. The van der Waals surface area contributed by atoms with Crippen LogP contribution in [-0.4, -0.2) is 24.2 Å². The van der Waals surface area contributed by atoms with Gasteiger partial charge in [0.25, 0.3) is 0 Å². The second-order valence-electron chi connectivity index (χ2n) is 3.39. The van der Waals surface area contributed by atoms with Gasteiger partial charge in [-0.15, -0.1) is 0 Å². The molecule has 2 amide bonds. The minimum absolute atomic E-state index is 0.144. The molecule has 0 saturated heterocycles. The number of hydrogen-bond acceptors (Lipinski definition) is 6. The molecule has 2 aromatic rings. The van der Waals surface area contributed by atoms with Gasteiger partial charge < -0.3 is 8.83 Å². The average molecular weight is 274 g/mol. The number of hydrogen-bond donors (Lipinski definition) is 2. The van der Waals surface area contributed by atoms with Crippen LogP contribution in [0.4, 0.5) is 0 Å². The molecule has 0 atom stereocenters. The quantitative estimate of drug-likeness (QED) is 0.626. The Morgan fingerprint density at radius 1 is 0.900 bits per heavy atom. The second kappa shape index (κ2) is 6.69. The predicted molar refractivity (Wildman–Crippen MR) is 69.3 cm³/mol. The zero-order valence-corrected chi connectivity index (χ0v) is 10.1. The fourth-order valence-electron chi connectivity index (χ4n) is 1.18. The van der Waals surface area contributed by atoms with Crippen molar-refractivity contribution in [2.45, 2.75) is 0 Å². The lowest BCUT2D eigenvalue weighted by Crippen LogP contribution is -2.18. The highest BCUT2D eigenvalue weighted by Gasteiger charge is 2.06. The van der Waals surface area contributed by atoms with Crippen molar-refractivity contribution in [2.24, 2.45) is 10.2 Å². The van der Waals surface area contributed by atoms with Gasteiger partial charge in [-0.05, 0) is 24.3 Å².